The van der Waals surface area contributed by atoms with Gasteiger partial charge in [0.25, 0.3) is 0 Å². The molecule has 0 saturated heterocycles. The van der Waals surface area contributed by atoms with Crippen molar-refractivity contribution in [2.24, 2.45) is 0 Å². The van der Waals surface area contributed by atoms with E-state index in [1.165, 1.54) is 28.3 Å². The van der Waals surface area contributed by atoms with Gasteiger partial charge in [0, 0.05) is 11.1 Å². The molecule has 0 radical (unpaired) electrons. The van der Waals surface area contributed by atoms with E-state index in [2.05, 4.69) is 15.1 Å². The predicted molar refractivity (Wildman–Crippen MR) is 71.0 cm³/mol. The van der Waals surface area contributed by atoms with Gasteiger partial charge in [0.1, 0.15) is 11.2 Å². The molecule has 0 atom stereocenters. The van der Waals surface area contributed by atoms with Crippen LogP contribution in [0.3, 0.4) is 0 Å². The first kappa shape index (κ1) is 11.8. The maximum atomic E-state index is 10.9. The molecule has 96 valence electrons. The number of nitrogens with zero attached hydrogens (tertiary/aromatic N) is 4. The molecule has 19 heavy (non-hydrogen) atoms. The molecule has 0 aromatic carbocycles. The minimum atomic E-state index is -1.00. The van der Waals surface area contributed by atoms with Gasteiger partial charge in [0.2, 0.25) is 0 Å². The summed E-state index contributed by atoms with van der Waals surface area (Å²) in [6, 6.07) is 0. The van der Waals surface area contributed by atoms with Gasteiger partial charge in [-0.3, -0.25) is 0 Å². The lowest BCUT2D eigenvalue weighted by atomic mass is 10.2. The molecule has 6 nitrogen and oxygen atoms in total. The first-order valence-corrected chi connectivity index (χ1v) is 6.38. The van der Waals surface area contributed by atoms with E-state index in [0.717, 1.165) is 15.8 Å². The third kappa shape index (κ3) is 1.78. The van der Waals surface area contributed by atoms with Crippen LogP contribution >= 0.6 is 11.3 Å². The van der Waals surface area contributed by atoms with Crippen LogP contribution in [-0.2, 0) is 0 Å². The van der Waals surface area contributed by atoms with E-state index in [-0.39, 0.29) is 5.56 Å². The van der Waals surface area contributed by atoms with E-state index in [1.54, 1.807) is 11.3 Å². The van der Waals surface area contributed by atoms with Crippen molar-refractivity contribution in [3.63, 3.8) is 0 Å². The third-order valence-corrected chi connectivity index (χ3v) is 4.11. The number of fused-ring (bicyclic) bond motifs is 1. The first-order valence-electron chi connectivity index (χ1n) is 5.57. The highest BCUT2D eigenvalue weighted by atomic mass is 32.1. The van der Waals surface area contributed by atoms with E-state index >= 15 is 0 Å². The zero-order valence-electron chi connectivity index (χ0n) is 10.3. The van der Waals surface area contributed by atoms with Crippen LogP contribution in [0.4, 0.5) is 0 Å². The molecule has 0 aliphatic heterocycles. The van der Waals surface area contributed by atoms with Crippen LogP contribution in [0.25, 0.3) is 16.0 Å². The summed E-state index contributed by atoms with van der Waals surface area (Å²) in [6.07, 6.45) is 4.23. The van der Waals surface area contributed by atoms with Crippen molar-refractivity contribution in [3.05, 3.63) is 34.7 Å². The minimum absolute atomic E-state index is 0.136. The highest BCUT2D eigenvalue weighted by Gasteiger charge is 2.15. The molecule has 1 N–H and O–H groups in total. The first-order chi connectivity index (χ1) is 9.08. The molecular weight excluding hydrogens is 264 g/mol. The average Bonchev–Trinajstić information content (AvgIpc) is 2.96. The number of hydrogen-bond acceptors (Lipinski definition) is 5. The SMILES string of the molecule is Cc1sc2ncnc(-n3cc(C(=O)O)cn3)c2c1C. The molecule has 3 aromatic heterocycles. The quantitative estimate of drug-likeness (QED) is 0.774. The normalized spacial score (nSPS) is 11.1. The van der Waals surface area contributed by atoms with Crippen molar-refractivity contribution in [2.75, 3.05) is 0 Å². The topological polar surface area (TPSA) is 80.9 Å². The second-order valence-corrected chi connectivity index (χ2v) is 5.34. The number of rotatable bonds is 2. The molecule has 3 aromatic rings. The Labute approximate surface area is 112 Å². The summed E-state index contributed by atoms with van der Waals surface area (Å²) in [5.41, 5.74) is 1.24. The molecule has 0 amide bonds. The predicted octanol–water partition coefficient (Wildman–Crippen LogP) is 2.19. The van der Waals surface area contributed by atoms with Crippen LogP contribution in [0, 0.1) is 13.8 Å². The summed E-state index contributed by atoms with van der Waals surface area (Å²) in [6.45, 7) is 4.03. The standard InChI is InChI=1S/C12H10N4O2S/c1-6-7(2)19-11-9(6)10(13-5-14-11)16-4-8(3-15-16)12(17)18/h3-5H,1-2H3,(H,17,18). The maximum absolute atomic E-state index is 10.9. The Morgan fingerprint density at radius 3 is 2.84 bits per heavy atom. The van der Waals surface area contributed by atoms with Crippen molar-refractivity contribution in [1.82, 2.24) is 19.7 Å². The second kappa shape index (κ2) is 4.13. The van der Waals surface area contributed by atoms with Gasteiger partial charge in [-0.1, -0.05) is 0 Å². The summed E-state index contributed by atoms with van der Waals surface area (Å²) < 4.78 is 1.48. The molecule has 0 aliphatic carbocycles. The van der Waals surface area contributed by atoms with E-state index in [9.17, 15) is 4.79 Å². The summed E-state index contributed by atoms with van der Waals surface area (Å²) in [4.78, 5) is 21.4. The Morgan fingerprint density at radius 2 is 2.16 bits per heavy atom. The van der Waals surface area contributed by atoms with Crippen molar-refractivity contribution in [2.45, 2.75) is 13.8 Å². The molecule has 0 fully saturated rings. The Morgan fingerprint density at radius 1 is 1.37 bits per heavy atom. The van der Waals surface area contributed by atoms with Gasteiger partial charge in [-0.05, 0) is 19.4 Å². The Bertz CT molecular complexity index is 790. The smallest absolute Gasteiger partial charge is 0.338 e. The van der Waals surface area contributed by atoms with Crippen LogP contribution in [-0.4, -0.2) is 30.8 Å². The molecule has 0 unspecified atom stereocenters. The molecule has 3 heterocycles. The largest absolute Gasteiger partial charge is 0.478 e. The van der Waals surface area contributed by atoms with E-state index in [0.29, 0.717) is 5.82 Å². The molecule has 7 heteroatoms. The number of carboxylic acids is 1. The van der Waals surface area contributed by atoms with E-state index in [4.69, 9.17) is 5.11 Å². The highest BCUT2D eigenvalue weighted by Crippen LogP contribution is 2.31. The fourth-order valence-corrected chi connectivity index (χ4v) is 2.88. The monoisotopic (exact) mass is 274 g/mol. The number of carbonyl (C=O) groups is 1. The van der Waals surface area contributed by atoms with Gasteiger partial charge in [0.15, 0.2) is 5.82 Å². The van der Waals surface area contributed by atoms with Crippen molar-refractivity contribution in [3.8, 4) is 5.82 Å². The summed E-state index contributed by atoms with van der Waals surface area (Å²) in [5.74, 6) is -0.394. The average molecular weight is 274 g/mol. The van der Waals surface area contributed by atoms with Gasteiger partial charge >= 0.3 is 5.97 Å². The maximum Gasteiger partial charge on any atom is 0.338 e. The van der Waals surface area contributed by atoms with Crippen molar-refractivity contribution >= 4 is 27.5 Å². The van der Waals surface area contributed by atoms with Crippen LogP contribution < -0.4 is 0 Å². The highest BCUT2D eigenvalue weighted by molar-refractivity contribution is 7.18. The van der Waals surface area contributed by atoms with Crippen molar-refractivity contribution in [1.29, 1.82) is 0 Å². The number of hydrogen-bond donors (Lipinski definition) is 1. The summed E-state index contributed by atoms with van der Waals surface area (Å²) in [7, 11) is 0. The van der Waals surface area contributed by atoms with Gasteiger partial charge in [-0.2, -0.15) is 5.10 Å². The molecule has 0 spiro atoms. The lowest BCUT2D eigenvalue weighted by Crippen LogP contribution is -2.00. The van der Waals surface area contributed by atoms with Gasteiger partial charge in [-0.15, -0.1) is 11.3 Å². The van der Waals surface area contributed by atoms with Gasteiger partial charge in [-0.25, -0.2) is 19.4 Å². The number of thiophene rings is 1. The number of aromatic carboxylic acids is 1. The summed E-state index contributed by atoms with van der Waals surface area (Å²) >= 11 is 1.59. The van der Waals surface area contributed by atoms with Crippen LogP contribution in [0.15, 0.2) is 18.7 Å². The molecule has 0 saturated carbocycles. The van der Waals surface area contributed by atoms with Gasteiger partial charge < -0.3 is 5.11 Å². The Kier molecular flexibility index (Phi) is 2.56. The molecular formula is C12H10N4O2S. The number of aromatic nitrogens is 4. The van der Waals surface area contributed by atoms with Crippen LogP contribution in [0.2, 0.25) is 0 Å². The minimum Gasteiger partial charge on any atom is -0.478 e. The molecule has 0 bridgehead atoms. The number of aryl methyl sites for hydroxylation is 2. The fraction of sp³-hybridized carbons (Fsp3) is 0.167. The van der Waals surface area contributed by atoms with Gasteiger partial charge in [0.05, 0.1) is 17.1 Å². The Balaban J connectivity index is 2.26. The van der Waals surface area contributed by atoms with Crippen LogP contribution in [0.1, 0.15) is 20.8 Å². The lowest BCUT2D eigenvalue weighted by Gasteiger charge is -2.02. The molecule has 3 rings (SSSR count). The van der Waals surface area contributed by atoms with E-state index in [1.807, 2.05) is 13.8 Å². The number of carboxylic acid groups (broad SMARTS) is 1. The fourth-order valence-electron chi connectivity index (χ4n) is 1.89. The van der Waals surface area contributed by atoms with Crippen molar-refractivity contribution < 1.29 is 9.90 Å². The summed E-state index contributed by atoms with van der Waals surface area (Å²) in [5, 5.41) is 13.9. The zero-order chi connectivity index (χ0) is 13.6. The Hall–Kier alpha value is -2.28. The van der Waals surface area contributed by atoms with E-state index < -0.39 is 5.97 Å². The second-order valence-electron chi connectivity index (χ2n) is 4.14. The zero-order valence-corrected chi connectivity index (χ0v) is 11.1. The third-order valence-electron chi connectivity index (χ3n) is 2.99. The van der Waals surface area contributed by atoms with Crippen LogP contribution in [0.5, 0.6) is 0 Å². The molecule has 0 aliphatic rings. The lowest BCUT2D eigenvalue weighted by molar-refractivity contribution is 0.0697.